The summed E-state index contributed by atoms with van der Waals surface area (Å²) in [4.78, 5) is 11.5. The molecule has 1 amide bonds. The predicted molar refractivity (Wildman–Crippen MR) is 76.9 cm³/mol. The molecular formula is C15H23FN2O2. The van der Waals surface area contributed by atoms with E-state index in [1.165, 1.54) is 18.2 Å². The molecule has 3 N–H and O–H groups in total. The third-order valence-electron chi connectivity index (χ3n) is 2.97. The van der Waals surface area contributed by atoms with Crippen LogP contribution in [0.5, 0.6) is 5.75 Å². The van der Waals surface area contributed by atoms with Gasteiger partial charge in [-0.3, -0.25) is 4.79 Å². The van der Waals surface area contributed by atoms with Crippen LogP contribution in [0.25, 0.3) is 0 Å². The van der Waals surface area contributed by atoms with Crippen LogP contribution in [0.4, 0.5) is 4.39 Å². The van der Waals surface area contributed by atoms with Crippen molar-refractivity contribution in [3.8, 4) is 5.75 Å². The maximum Gasteiger partial charge on any atom is 0.221 e. The molecule has 1 aromatic rings. The Morgan fingerprint density at radius 3 is 2.70 bits per heavy atom. The second-order valence-electron chi connectivity index (χ2n) is 5.33. The Balaban J connectivity index is 2.38. The first-order chi connectivity index (χ1) is 9.40. The molecule has 1 aromatic carbocycles. The van der Waals surface area contributed by atoms with Crippen LogP contribution in [-0.2, 0) is 4.79 Å². The van der Waals surface area contributed by atoms with Gasteiger partial charge in [-0.2, -0.15) is 0 Å². The van der Waals surface area contributed by atoms with Crippen molar-refractivity contribution in [1.29, 1.82) is 0 Å². The first-order valence-electron chi connectivity index (χ1n) is 6.88. The Labute approximate surface area is 119 Å². The second kappa shape index (κ2) is 7.85. The van der Waals surface area contributed by atoms with Crippen molar-refractivity contribution in [1.82, 2.24) is 10.6 Å². The molecule has 5 heteroatoms. The summed E-state index contributed by atoms with van der Waals surface area (Å²) in [6, 6.07) is 3.62. The van der Waals surface area contributed by atoms with Gasteiger partial charge < -0.3 is 15.7 Å². The van der Waals surface area contributed by atoms with Crippen LogP contribution in [0.2, 0.25) is 0 Å². The molecule has 20 heavy (non-hydrogen) atoms. The van der Waals surface area contributed by atoms with Crippen LogP contribution >= 0.6 is 0 Å². The molecule has 112 valence electrons. The van der Waals surface area contributed by atoms with Crippen molar-refractivity contribution in [2.45, 2.75) is 33.2 Å². The van der Waals surface area contributed by atoms with E-state index in [2.05, 4.69) is 10.6 Å². The summed E-state index contributed by atoms with van der Waals surface area (Å²) in [6.07, 6.45) is 0.354. The number of amides is 1. The SMILES string of the molecule is CC(C)CNC(=O)CCNC(C)c1cc(F)ccc1O. The van der Waals surface area contributed by atoms with Gasteiger partial charge in [0, 0.05) is 31.1 Å². The Bertz CT molecular complexity index is 449. The zero-order valence-corrected chi connectivity index (χ0v) is 12.2. The van der Waals surface area contributed by atoms with Gasteiger partial charge in [-0.15, -0.1) is 0 Å². The fourth-order valence-corrected chi connectivity index (χ4v) is 1.79. The molecule has 0 aliphatic rings. The van der Waals surface area contributed by atoms with Gasteiger partial charge in [0.15, 0.2) is 0 Å². The number of phenols is 1. The molecule has 0 fully saturated rings. The zero-order chi connectivity index (χ0) is 15.1. The number of phenolic OH excluding ortho intramolecular Hbond substituents is 1. The maximum absolute atomic E-state index is 13.1. The van der Waals surface area contributed by atoms with E-state index in [9.17, 15) is 14.3 Å². The number of halogens is 1. The molecule has 0 spiro atoms. The van der Waals surface area contributed by atoms with Crippen LogP contribution in [-0.4, -0.2) is 24.1 Å². The molecule has 0 radical (unpaired) electrons. The molecule has 0 saturated heterocycles. The molecule has 1 unspecified atom stereocenters. The van der Waals surface area contributed by atoms with Crippen molar-refractivity contribution in [2.75, 3.05) is 13.1 Å². The Hall–Kier alpha value is -1.62. The van der Waals surface area contributed by atoms with Gasteiger partial charge in [-0.05, 0) is 31.0 Å². The lowest BCUT2D eigenvalue weighted by atomic mass is 10.1. The van der Waals surface area contributed by atoms with Crippen molar-refractivity contribution >= 4 is 5.91 Å². The molecule has 0 aliphatic carbocycles. The van der Waals surface area contributed by atoms with E-state index in [-0.39, 0.29) is 23.5 Å². The lowest BCUT2D eigenvalue weighted by Crippen LogP contribution is -2.31. The highest BCUT2D eigenvalue weighted by Gasteiger charge is 2.11. The highest BCUT2D eigenvalue weighted by molar-refractivity contribution is 5.76. The minimum Gasteiger partial charge on any atom is -0.508 e. The third kappa shape index (κ3) is 5.57. The Kier molecular flexibility index (Phi) is 6.45. The molecule has 0 aliphatic heterocycles. The molecule has 0 bridgehead atoms. The summed E-state index contributed by atoms with van der Waals surface area (Å²) >= 11 is 0. The Morgan fingerprint density at radius 2 is 2.05 bits per heavy atom. The molecule has 0 heterocycles. The number of hydrogen-bond acceptors (Lipinski definition) is 3. The summed E-state index contributed by atoms with van der Waals surface area (Å²) in [7, 11) is 0. The lowest BCUT2D eigenvalue weighted by molar-refractivity contribution is -0.121. The number of carbonyl (C=O) groups excluding carboxylic acids is 1. The van der Waals surface area contributed by atoms with Crippen molar-refractivity contribution in [3.63, 3.8) is 0 Å². The topological polar surface area (TPSA) is 61.4 Å². The Morgan fingerprint density at radius 1 is 1.35 bits per heavy atom. The quantitative estimate of drug-likeness (QED) is 0.719. The van der Waals surface area contributed by atoms with E-state index in [1.54, 1.807) is 0 Å². The van der Waals surface area contributed by atoms with Gasteiger partial charge in [0.1, 0.15) is 11.6 Å². The van der Waals surface area contributed by atoms with E-state index < -0.39 is 0 Å². The highest BCUT2D eigenvalue weighted by atomic mass is 19.1. The zero-order valence-electron chi connectivity index (χ0n) is 12.2. The fraction of sp³-hybridized carbons (Fsp3) is 0.533. The predicted octanol–water partition coefficient (Wildman–Crippen LogP) is 2.34. The fourth-order valence-electron chi connectivity index (χ4n) is 1.79. The molecule has 1 atom stereocenters. The minimum absolute atomic E-state index is 0.0122. The number of carbonyl (C=O) groups is 1. The van der Waals surface area contributed by atoms with Gasteiger partial charge in [0.25, 0.3) is 0 Å². The molecule has 4 nitrogen and oxygen atoms in total. The van der Waals surface area contributed by atoms with E-state index in [0.717, 1.165) is 0 Å². The van der Waals surface area contributed by atoms with E-state index in [1.807, 2.05) is 20.8 Å². The maximum atomic E-state index is 13.1. The van der Waals surface area contributed by atoms with Crippen molar-refractivity contribution < 1.29 is 14.3 Å². The highest BCUT2D eigenvalue weighted by Crippen LogP contribution is 2.24. The normalized spacial score (nSPS) is 12.4. The molecular weight excluding hydrogens is 259 g/mol. The van der Waals surface area contributed by atoms with Gasteiger partial charge in [0.2, 0.25) is 5.91 Å². The summed E-state index contributed by atoms with van der Waals surface area (Å²) in [5.74, 6) is 0.0775. The van der Waals surface area contributed by atoms with Gasteiger partial charge in [0.05, 0.1) is 0 Å². The van der Waals surface area contributed by atoms with E-state index >= 15 is 0 Å². The number of nitrogens with one attached hydrogen (secondary N) is 2. The van der Waals surface area contributed by atoms with E-state index in [0.29, 0.717) is 31.0 Å². The van der Waals surface area contributed by atoms with Crippen LogP contribution < -0.4 is 10.6 Å². The largest absolute Gasteiger partial charge is 0.508 e. The standard InChI is InChI=1S/C15H23FN2O2/c1-10(2)9-18-15(20)6-7-17-11(3)13-8-12(16)4-5-14(13)19/h4-5,8,10-11,17,19H,6-7,9H2,1-3H3,(H,18,20). The first-order valence-corrected chi connectivity index (χ1v) is 6.88. The van der Waals surface area contributed by atoms with E-state index in [4.69, 9.17) is 0 Å². The van der Waals surface area contributed by atoms with Crippen molar-refractivity contribution in [2.24, 2.45) is 5.92 Å². The lowest BCUT2D eigenvalue weighted by Gasteiger charge is -2.15. The third-order valence-corrected chi connectivity index (χ3v) is 2.97. The van der Waals surface area contributed by atoms with Gasteiger partial charge >= 0.3 is 0 Å². The number of benzene rings is 1. The number of aromatic hydroxyl groups is 1. The van der Waals surface area contributed by atoms with Crippen molar-refractivity contribution in [3.05, 3.63) is 29.6 Å². The molecule has 1 rings (SSSR count). The molecule has 0 saturated carbocycles. The molecule has 0 aromatic heterocycles. The summed E-state index contributed by atoms with van der Waals surface area (Å²) < 4.78 is 13.1. The first kappa shape index (κ1) is 16.4. The van der Waals surface area contributed by atoms with Crippen LogP contribution in [0.15, 0.2) is 18.2 Å². The monoisotopic (exact) mass is 282 g/mol. The summed E-state index contributed by atoms with van der Waals surface area (Å²) in [6.45, 7) is 7.03. The van der Waals surface area contributed by atoms with Crippen LogP contribution in [0.1, 0.15) is 38.8 Å². The smallest absolute Gasteiger partial charge is 0.221 e. The van der Waals surface area contributed by atoms with Crippen LogP contribution in [0, 0.1) is 11.7 Å². The minimum atomic E-state index is -0.388. The summed E-state index contributed by atoms with van der Waals surface area (Å²) in [5, 5.41) is 15.6. The van der Waals surface area contributed by atoms with Gasteiger partial charge in [-0.25, -0.2) is 4.39 Å². The average molecular weight is 282 g/mol. The number of rotatable bonds is 7. The van der Waals surface area contributed by atoms with Crippen LogP contribution in [0.3, 0.4) is 0 Å². The second-order valence-corrected chi connectivity index (χ2v) is 5.33. The van der Waals surface area contributed by atoms with Gasteiger partial charge in [-0.1, -0.05) is 13.8 Å². The number of hydrogen-bond donors (Lipinski definition) is 3. The summed E-state index contributed by atoms with van der Waals surface area (Å²) in [5.41, 5.74) is 0.493. The average Bonchev–Trinajstić information content (AvgIpc) is 2.39.